The fourth-order valence-electron chi connectivity index (χ4n) is 4.27. The van der Waals surface area contributed by atoms with Crippen LogP contribution >= 0.6 is 0 Å². The Kier molecular flexibility index (Phi) is 10.2. The summed E-state index contributed by atoms with van der Waals surface area (Å²) < 4.78 is 40.3. The van der Waals surface area contributed by atoms with Crippen molar-refractivity contribution in [3.8, 4) is 0 Å². The van der Waals surface area contributed by atoms with Gasteiger partial charge in [0.05, 0.1) is 11.9 Å². The van der Waals surface area contributed by atoms with Gasteiger partial charge in [0.1, 0.15) is 18.4 Å². The number of hydrogen-bond donors (Lipinski definition) is 1. The smallest absolute Gasteiger partial charge is 0.244 e. The minimum absolute atomic E-state index is 0.00234. The van der Waals surface area contributed by atoms with E-state index in [2.05, 4.69) is 5.32 Å². The fourth-order valence-corrected chi connectivity index (χ4v) is 5.12. The van der Waals surface area contributed by atoms with Gasteiger partial charge in [-0.25, -0.2) is 12.8 Å². The molecule has 3 rings (SSSR count). The number of hydrogen-bond acceptors (Lipinski definition) is 4. The van der Waals surface area contributed by atoms with E-state index in [1.165, 1.54) is 17.0 Å². The molecule has 3 aromatic carbocycles. The van der Waals surface area contributed by atoms with Crippen molar-refractivity contribution in [2.24, 2.45) is 0 Å². The van der Waals surface area contributed by atoms with Gasteiger partial charge in [0.15, 0.2) is 0 Å². The molecule has 39 heavy (non-hydrogen) atoms. The maximum absolute atomic E-state index is 13.9. The normalized spacial score (nSPS) is 12.2. The molecule has 0 saturated carbocycles. The van der Waals surface area contributed by atoms with Gasteiger partial charge in [-0.3, -0.25) is 13.9 Å². The van der Waals surface area contributed by atoms with E-state index in [0.29, 0.717) is 17.8 Å². The molecular formula is C30H36FN3O4S. The standard InChI is InChI=1S/C30H36FN3O4S/c1-5-32-30(36)28(19-23-9-7-6-8-10-23)33(20-24-11-15-26(31)16-12-24)29(35)21-34(39(4,37)38)27-17-13-25(14-18-27)22(2)3/h6-18,22,28H,5,19-21H2,1-4H3,(H,32,36)/t28-/m1/s1. The Hall–Kier alpha value is -3.72. The number of carbonyl (C=O) groups excluding carboxylic acids is 2. The van der Waals surface area contributed by atoms with Crippen LogP contribution in [0.15, 0.2) is 78.9 Å². The first-order chi connectivity index (χ1) is 18.5. The molecule has 0 saturated heterocycles. The number of amides is 2. The van der Waals surface area contributed by atoms with Gasteiger partial charge in [0.2, 0.25) is 21.8 Å². The van der Waals surface area contributed by atoms with E-state index in [1.54, 1.807) is 31.2 Å². The molecule has 3 aromatic rings. The van der Waals surface area contributed by atoms with Gasteiger partial charge in [0.25, 0.3) is 0 Å². The molecule has 0 radical (unpaired) electrons. The molecule has 0 aliphatic carbocycles. The first-order valence-corrected chi connectivity index (χ1v) is 14.8. The van der Waals surface area contributed by atoms with Gasteiger partial charge in [-0.05, 0) is 53.8 Å². The predicted octanol–water partition coefficient (Wildman–Crippen LogP) is 4.49. The zero-order valence-corrected chi connectivity index (χ0v) is 23.6. The Bertz CT molecular complexity index is 1350. The summed E-state index contributed by atoms with van der Waals surface area (Å²) in [6, 6.07) is 21.1. The summed E-state index contributed by atoms with van der Waals surface area (Å²) in [5.74, 6) is -1.07. The van der Waals surface area contributed by atoms with E-state index in [9.17, 15) is 22.4 Å². The van der Waals surface area contributed by atoms with Gasteiger partial charge in [0, 0.05) is 19.5 Å². The van der Waals surface area contributed by atoms with Crippen molar-refractivity contribution in [2.75, 3.05) is 23.7 Å². The summed E-state index contributed by atoms with van der Waals surface area (Å²) in [5.41, 5.74) is 2.85. The van der Waals surface area contributed by atoms with Crippen molar-refractivity contribution in [1.82, 2.24) is 10.2 Å². The molecule has 0 spiro atoms. The summed E-state index contributed by atoms with van der Waals surface area (Å²) in [5, 5.41) is 2.80. The van der Waals surface area contributed by atoms with Crippen molar-refractivity contribution in [3.05, 3.63) is 101 Å². The quantitative estimate of drug-likeness (QED) is 0.358. The number of nitrogens with zero attached hydrogens (tertiary/aromatic N) is 2. The second kappa shape index (κ2) is 13.4. The van der Waals surface area contributed by atoms with E-state index >= 15 is 0 Å². The number of benzene rings is 3. The third kappa shape index (κ3) is 8.38. The molecule has 0 fully saturated rings. The number of likely N-dealkylation sites (N-methyl/N-ethyl adjacent to an activating group) is 1. The van der Waals surface area contributed by atoms with Crippen molar-refractivity contribution in [1.29, 1.82) is 0 Å². The number of rotatable bonds is 12. The molecule has 7 nitrogen and oxygen atoms in total. The van der Waals surface area contributed by atoms with E-state index in [-0.39, 0.29) is 24.8 Å². The molecule has 0 aliphatic rings. The topological polar surface area (TPSA) is 86.8 Å². The Morgan fingerprint density at radius 3 is 2.05 bits per heavy atom. The van der Waals surface area contributed by atoms with Crippen LogP contribution in [0.4, 0.5) is 10.1 Å². The van der Waals surface area contributed by atoms with Gasteiger partial charge in [-0.1, -0.05) is 68.4 Å². The first-order valence-electron chi connectivity index (χ1n) is 12.9. The number of sulfonamides is 1. The SMILES string of the molecule is CCNC(=O)[C@@H](Cc1ccccc1)N(Cc1ccc(F)cc1)C(=O)CN(c1ccc(C(C)C)cc1)S(C)(=O)=O. The lowest BCUT2D eigenvalue weighted by Gasteiger charge is -2.33. The van der Waals surface area contributed by atoms with Crippen molar-refractivity contribution < 1.29 is 22.4 Å². The fraction of sp³-hybridized carbons (Fsp3) is 0.333. The van der Waals surface area contributed by atoms with Crippen LogP contribution in [-0.4, -0.2) is 50.5 Å². The van der Waals surface area contributed by atoms with Crippen LogP contribution in [0.3, 0.4) is 0 Å². The summed E-state index contributed by atoms with van der Waals surface area (Å²) in [6.45, 7) is 5.72. The maximum atomic E-state index is 13.9. The predicted molar refractivity (Wildman–Crippen MR) is 152 cm³/mol. The van der Waals surface area contributed by atoms with Gasteiger partial charge in [-0.2, -0.15) is 0 Å². The molecule has 2 amide bonds. The number of anilines is 1. The van der Waals surface area contributed by atoms with Crippen LogP contribution in [0.2, 0.25) is 0 Å². The second-order valence-electron chi connectivity index (χ2n) is 9.76. The molecule has 0 unspecified atom stereocenters. The van der Waals surface area contributed by atoms with Crippen molar-refractivity contribution in [3.63, 3.8) is 0 Å². The highest BCUT2D eigenvalue weighted by atomic mass is 32.2. The Morgan fingerprint density at radius 2 is 1.51 bits per heavy atom. The molecule has 208 valence electrons. The van der Waals surface area contributed by atoms with Crippen molar-refractivity contribution >= 4 is 27.5 Å². The molecule has 0 bridgehead atoms. The van der Waals surface area contributed by atoms with Crippen molar-refractivity contribution in [2.45, 2.75) is 45.7 Å². The highest BCUT2D eigenvalue weighted by Crippen LogP contribution is 2.23. The maximum Gasteiger partial charge on any atom is 0.244 e. The Labute approximate surface area is 230 Å². The monoisotopic (exact) mass is 553 g/mol. The second-order valence-corrected chi connectivity index (χ2v) is 11.7. The number of carbonyl (C=O) groups is 2. The highest BCUT2D eigenvalue weighted by Gasteiger charge is 2.32. The average Bonchev–Trinajstić information content (AvgIpc) is 2.90. The zero-order valence-electron chi connectivity index (χ0n) is 22.8. The average molecular weight is 554 g/mol. The lowest BCUT2D eigenvalue weighted by atomic mass is 10.0. The Balaban J connectivity index is 2.02. The van der Waals surface area contributed by atoms with E-state index in [0.717, 1.165) is 21.7 Å². The van der Waals surface area contributed by atoms with Crippen LogP contribution in [-0.2, 0) is 32.6 Å². The van der Waals surface area contributed by atoms with Crippen LogP contribution in [0, 0.1) is 5.82 Å². The van der Waals surface area contributed by atoms with E-state index in [4.69, 9.17) is 0 Å². The Morgan fingerprint density at radius 1 is 0.897 bits per heavy atom. The van der Waals surface area contributed by atoms with Gasteiger partial charge < -0.3 is 10.2 Å². The third-order valence-corrected chi connectivity index (χ3v) is 7.56. The van der Waals surface area contributed by atoms with Crippen LogP contribution in [0.5, 0.6) is 0 Å². The summed E-state index contributed by atoms with van der Waals surface area (Å²) in [6.07, 6.45) is 1.27. The molecule has 0 aliphatic heterocycles. The summed E-state index contributed by atoms with van der Waals surface area (Å²) in [4.78, 5) is 28.6. The molecule has 1 N–H and O–H groups in total. The molecule has 0 aromatic heterocycles. The number of nitrogens with one attached hydrogen (secondary N) is 1. The van der Waals surface area contributed by atoms with Crippen LogP contribution in [0.25, 0.3) is 0 Å². The minimum atomic E-state index is -3.84. The summed E-state index contributed by atoms with van der Waals surface area (Å²) >= 11 is 0. The van der Waals surface area contributed by atoms with E-state index in [1.807, 2.05) is 56.3 Å². The van der Waals surface area contributed by atoms with Crippen LogP contribution in [0.1, 0.15) is 43.4 Å². The summed E-state index contributed by atoms with van der Waals surface area (Å²) in [7, 11) is -3.84. The first kappa shape index (κ1) is 29.8. The third-order valence-electron chi connectivity index (χ3n) is 6.42. The van der Waals surface area contributed by atoms with E-state index < -0.39 is 34.3 Å². The molecule has 9 heteroatoms. The highest BCUT2D eigenvalue weighted by molar-refractivity contribution is 7.92. The lowest BCUT2D eigenvalue weighted by Crippen LogP contribution is -2.53. The minimum Gasteiger partial charge on any atom is -0.355 e. The molecule has 1 atom stereocenters. The van der Waals surface area contributed by atoms with Crippen LogP contribution < -0.4 is 9.62 Å². The molecular weight excluding hydrogens is 517 g/mol. The molecule has 0 heterocycles. The van der Waals surface area contributed by atoms with Gasteiger partial charge in [-0.15, -0.1) is 0 Å². The van der Waals surface area contributed by atoms with Gasteiger partial charge >= 0.3 is 0 Å². The number of halogens is 1. The largest absolute Gasteiger partial charge is 0.355 e. The zero-order chi connectivity index (χ0) is 28.6. The lowest BCUT2D eigenvalue weighted by molar-refractivity contribution is -0.140.